The number of nitrogens with one attached hydrogen (secondary N) is 1. The van der Waals surface area contributed by atoms with Crippen molar-refractivity contribution in [1.29, 1.82) is 0 Å². The Bertz CT molecular complexity index is 99.7. The molecule has 0 aromatic heterocycles. The fourth-order valence-electron chi connectivity index (χ4n) is 1.31. The third kappa shape index (κ3) is 3.21. The van der Waals surface area contributed by atoms with Gasteiger partial charge in [0.05, 0.1) is 0 Å². The van der Waals surface area contributed by atoms with Gasteiger partial charge in [0, 0.05) is 12.6 Å². The number of ether oxygens (including phenoxy) is 1. The van der Waals surface area contributed by atoms with E-state index in [1.54, 1.807) is 0 Å². The van der Waals surface area contributed by atoms with Crippen LogP contribution < -0.4 is 5.32 Å². The molecule has 1 rings (SSSR count). The molecule has 0 radical (unpaired) electrons. The van der Waals surface area contributed by atoms with Crippen molar-refractivity contribution in [3.63, 3.8) is 0 Å². The largest absolute Gasteiger partial charge is 0.363 e. The molecular weight excluding hydrogens is 138 g/mol. The molecule has 2 atom stereocenters. The van der Waals surface area contributed by atoms with E-state index in [0.717, 1.165) is 6.61 Å². The minimum atomic E-state index is 0.332. The summed E-state index contributed by atoms with van der Waals surface area (Å²) in [5.41, 5.74) is 0. The van der Waals surface area contributed by atoms with Gasteiger partial charge in [-0.2, -0.15) is 0 Å². The highest BCUT2D eigenvalue weighted by Gasteiger charge is 2.14. The predicted molar refractivity (Wildman–Crippen MR) is 46.5 cm³/mol. The van der Waals surface area contributed by atoms with E-state index < -0.39 is 0 Å². The molecule has 66 valence electrons. The van der Waals surface area contributed by atoms with Gasteiger partial charge < -0.3 is 4.74 Å². The van der Waals surface area contributed by atoms with Gasteiger partial charge in [-0.05, 0) is 32.6 Å². The molecule has 1 aliphatic heterocycles. The highest BCUT2D eigenvalue weighted by Crippen LogP contribution is 2.11. The van der Waals surface area contributed by atoms with Crippen LogP contribution in [0.1, 0.15) is 39.5 Å². The molecule has 2 nitrogen and oxygen atoms in total. The van der Waals surface area contributed by atoms with Crippen molar-refractivity contribution in [2.75, 3.05) is 6.61 Å². The average Bonchev–Trinajstić information content (AvgIpc) is 2.06. The summed E-state index contributed by atoms with van der Waals surface area (Å²) in [6, 6.07) is 0.595. The van der Waals surface area contributed by atoms with Gasteiger partial charge in [0.25, 0.3) is 0 Å². The molecule has 0 aliphatic carbocycles. The van der Waals surface area contributed by atoms with Gasteiger partial charge in [-0.3, -0.25) is 5.32 Å². The Morgan fingerprint density at radius 1 is 1.55 bits per heavy atom. The third-order valence-corrected chi connectivity index (χ3v) is 2.26. The quantitative estimate of drug-likeness (QED) is 0.675. The highest BCUT2D eigenvalue weighted by atomic mass is 16.5. The number of rotatable bonds is 3. The van der Waals surface area contributed by atoms with Crippen LogP contribution in [0.15, 0.2) is 0 Å². The zero-order valence-electron chi connectivity index (χ0n) is 7.60. The van der Waals surface area contributed by atoms with E-state index >= 15 is 0 Å². The Morgan fingerprint density at radius 2 is 2.36 bits per heavy atom. The fraction of sp³-hybridized carbons (Fsp3) is 1.00. The van der Waals surface area contributed by atoms with Crippen LogP contribution in [-0.2, 0) is 4.74 Å². The van der Waals surface area contributed by atoms with Crippen molar-refractivity contribution >= 4 is 0 Å². The van der Waals surface area contributed by atoms with Crippen LogP contribution in [-0.4, -0.2) is 18.9 Å². The van der Waals surface area contributed by atoms with E-state index in [9.17, 15) is 0 Å². The Morgan fingerprint density at radius 3 is 2.91 bits per heavy atom. The van der Waals surface area contributed by atoms with E-state index in [1.165, 1.54) is 25.7 Å². The van der Waals surface area contributed by atoms with Crippen LogP contribution in [0.3, 0.4) is 0 Å². The standard InChI is InChI=1S/C9H19NO/c1-3-8(2)10-9-6-4-5-7-11-9/h8-10H,3-7H2,1-2H3. The number of hydrogen-bond acceptors (Lipinski definition) is 2. The lowest BCUT2D eigenvalue weighted by Crippen LogP contribution is -2.39. The summed E-state index contributed by atoms with van der Waals surface area (Å²) in [7, 11) is 0. The Labute approximate surface area is 69.3 Å². The van der Waals surface area contributed by atoms with Crippen molar-refractivity contribution in [2.24, 2.45) is 0 Å². The maximum Gasteiger partial charge on any atom is 0.108 e. The first kappa shape index (κ1) is 9.01. The lowest BCUT2D eigenvalue weighted by molar-refractivity contribution is -0.0113. The lowest BCUT2D eigenvalue weighted by atomic mass is 10.1. The smallest absolute Gasteiger partial charge is 0.108 e. The molecule has 2 heteroatoms. The first-order valence-corrected chi connectivity index (χ1v) is 4.70. The van der Waals surface area contributed by atoms with Crippen LogP contribution in [0.2, 0.25) is 0 Å². The van der Waals surface area contributed by atoms with Gasteiger partial charge >= 0.3 is 0 Å². The lowest BCUT2D eigenvalue weighted by Gasteiger charge is -2.26. The van der Waals surface area contributed by atoms with E-state index in [0.29, 0.717) is 12.3 Å². The number of hydrogen-bond donors (Lipinski definition) is 1. The second-order valence-electron chi connectivity index (χ2n) is 3.33. The normalized spacial score (nSPS) is 28.4. The minimum absolute atomic E-state index is 0.332. The topological polar surface area (TPSA) is 21.3 Å². The Balaban J connectivity index is 2.13. The van der Waals surface area contributed by atoms with Gasteiger partial charge in [-0.15, -0.1) is 0 Å². The molecule has 0 spiro atoms. The molecule has 1 fully saturated rings. The van der Waals surface area contributed by atoms with E-state index in [-0.39, 0.29) is 0 Å². The summed E-state index contributed by atoms with van der Waals surface area (Å²) in [6.45, 7) is 5.34. The zero-order valence-corrected chi connectivity index (χ0v) is 7.60. The monoisotopic (exact) mass is 157 g/mol. The molecule has 2 unspecified atom stereocenters. The van der Waals surface area contributed by atoms with E-state index in [2.05, 4.69) is 19.2 Å². The minimum Gasteiger partial charge on any atom is -0.363 e. The molecule has 11 heavy (non-hydrogen) atoms. The van der Waals surface area contributed by atoms with E-state index in [4.69, 9.17) is 4.74 Å². The van der Waals surface area contributed by atoms with Crippen molar-refractivity contribution in [3.05, 3.63) is 0 Å². The molecule has 1 heterocycles. The molecule has 0 aromatic rings. The van der Waals surface area contributed by atoms with Crippen LogP contribution >= 0.6 is 0 Å². The van der Waals surface area contributed by atoms with Crippen molar-refractivity contribution in [3.8, 4) is 0 Å². The Hall–Kier alpha value is -0.0800. The van der Waals surface area contributed by atoms with Gasteiger partial charge in [-0.25, -0.2) is 0 Å². The average molecular weight is 157 g/mol. The molecular formula is C9H19NO. The molecule has 1 saturated heterocycles. The summed E-state index contributed by atoms with van der Waals surface area (Å²) >= 11 is 0. The molecule has 1 aliphatic rings. The molecule has 0 saturated carbocycles. The summed E-state index contributed by atoms with van der Waals surface area (Å²) in [6.07, 6.45) is 5.25. The Kier molecular flexibility index (Phi) is 3.87. The summed E-state index contributed by atoms with van der Waals surface area (Å²) in [5.74, 6) is 0. The van der Waals surface area contributed by atoms with E-state index in [1.807, 2.05) is 0 Å². The summed E-state index contributed by atoms with van der Waals surface area (Å²) in [4.78, 5) is 0. The maximum absolute atomic E-state index is 5.54. The van der Waals surface area contributed by atoms with Crippen molar-refractivity contribution in [1.82, 2.24) is 5.32 Å². The van der Waals surface area contributed by atoms with Crippen LogP contribution in [0.4, 0.5) is 0 Å². The maximum atomic E-state index is 5.54. The molecule has 0 aromatic carbocycles. The second kappa shape index (κ2) is 4.73. The first-order chi connectivity index (χ1) is 5.33. The van der Waals surface area contributed by atoms with Crippen LogP contribution in [0.25, 0.3) is 0 Å². The summed E-state index contributed by atoms with van der Waals surface area (Å²) < 4.78 is 5.54. The predicted octanol–water partition coefficient (Wildman–Crippen LogP) is 1.90. The summed E-state index contributed by atoms with van der Waals surface area (Å²) in [5, 5.41) is 3.45. The molecule has 1 N–H and O–H groups in total. The zero-order chi connectivity index (χ0) is 8.10. The van der Waals surface area contributed by atoms with Crippen molar-refractivity contribution in [2.45, 2.75) is 51.8 Å². The first-order valence-electron chi connectivity index (χ1n) is 4.70. The van der Waals surface area contributed by atoms with Crippen LogP contribution in [0.5, 0.6) is 0 Å². The molecule has 0 bridgehead atoms. The third-order valence-electron chi connectivity index (χ3n) is 2.26. The molecule has 0 amide bonds. The fourth-order valence-corrected chi connectivity index (χ4v) is 1.31. The van der Waals surface area contributed by atoms with Gasteiger partial charge in [0.1, 0.15) is 6.23 Å². The SMILES string of the molecule is CCC(C)NC1CCCCO1. The van der Waals surface area contributed by atoms with Crippen LogP contribution in [0, 0.1) is 0 Å². The van der Waals surface area contributed by atoms with Gasteiger partial charge in [0.15, 0.2) is 0 Å². The second-order valence-corrected chi connectivity index (χ2v) is 3.33. The van der Waals surface area contributed by atoms with Gasteiger partial charge in [0.2, 0.25) is 0 Å². The van der Waals surface area contributed by atoms with Gasteiger partial charge in [-0.1, -0.05) is 6.92 Å². The van der Waals surface area contributed by atoms with Crippen molar-refractivity contribution < 1.29 is 4.74 Å². The highest BCUT2D eigenvalue weighted by molar-refractivity contribution is 4.65.